The van der Waals surface area contributed by atoms with Crippen LogP contribution >= 0.6 is 23.2 Å². The number of nitrogens with zero attached hydrogens (tertiary/aromatic N) is 1. The molecule has 8 nitrogen and oxygen atoms in total. The summed E-state index contributed by atoms with van der Waals surface area (Å²) in [6.07, 6.45) is 1.22. The summed E-state index contributed by atoms with van der Waals surface area (Å²) in [5, 5.41) is 2.44. The molecule has 3 aromatic carbocycles. The average molecular weight is 517 g/mol. The topological polar surface area (TPSA) is 110 Å². The lowest BCUT2D eigenvalue weighted by Gasteiger charge is -2.26. The van der Waals surface area contributed by atoms with Crippen molar-refractivity contribution in [2.75, 3.05) is 4.90 Å². The van der Waals surface area contributed by atoms with Crippen LogP contribution < -0.4 is 14.4 Å². The Morgan fingerprint density at radius 1 is 0.853 bits per heavy atom. The van der Waals surface area contributed by atoms with Gasteiger partial charge in [-0.2, -0.15) is 8.42 Å². The molecule has 1 heterocycles. The van der Waals surface area contributed by atoms with E-state index in [4.69, 9.17) is 27.4 Å². The van der Waals surface area contributed by atoms with Crippen LogP contribution in [0.4, 0.5) is 10.5 Å². The van der Waals surface area contributed by atoms with Crippen LogP contribution in [0.1, 0.15) is 5.56 Å². The number of amides is 4. The molecule has 1 aliphatic rings. The fourth-order valence-electron chi connectivity index (χ4n) is 3.10. The molecule has 4 rings (SSSR count). The standard InChI is InChI=1S/C23H14Cl2N2O6S/c24-19-10-9-15(13-20(19)25)27-22(29)18(21(28)26-23(27)30)12-14-5-4-6-16(11-14)33-34(31,32)17-7-2-1-3-8-17/h1-13H,(H,26,28,30)/b18-12-. The monoisotopic (exact) mass is 516 g/mol. The predicted octanol–water partition coefficient (Wildman–Crippen LogP) is 4.43. The molecule has 0 aromatic heterocycles. The van der Waals surface area contributed by atoms with Gasteiger partial charge in [0, 0.05) is 0 Å². The molecule has 1 N–H and O–H groups in total. The number of halogens is 2. The number of nitrogens with one attached hydrogen (secondary N) is 1. The van der Waals surface area contributed by atoms with Gasteiger partial charge in [-0.15, -0.1) is 0 Å². The predicted molar refractivity (Wildman–Crippen MR) is 126 cm³/mol. The zero-order valence-electron chi connectivity index (χ0n) is 17.1. The van der Waals surface area contributed by atoms with Gasteiger partial charge in [-0.3, -0.25) is 14.9 Å². The maximum absolute atomic E-state index is 13.0. The minimum absolute atomic E-state index is 0.0284. The van der Waals surface area contributed by atoms with Crippen molar-refractivity contribution in [1.29, 1.82) is 0 Å². The van der Waals surface area contributed by atoms with Gasteiger partial charge in [-0.25, -0.2) is 9.69 Å². The number of hydrogen-bond acceptors (Lipinski definition) is 6. The van der Waals surface area contributed by atoms with E-state index in [1.807, 2.05) is 0 Å². The molecule has 4 amide bonds. The van der Waals surface area contributed by atoms with Crippen molar-refractivity contribution in [3.8, 4) is 5.75 Å². The van der Waals surface area contributed by atoms with Gasteiger partial charge < -0.3 is 4.18 Å². The molecule has 0 spiro atoms. The molecular formula is C23H14Cl2N2O6S. The molecule has 0 unspecified atom stereocenters. The summed E-state index contributed by atoms with van der Waals surface area (Å²) in [7, 11) is -4.09. The summed E-state index contributed by atoms with van der Waals surface area (Å²) in [4.78, 5) is 38.5. The van der Waals surface area contributed by atoms with Crippen LogP contribution in [-0.4, -0.2) is 26.3 Å². The molecule has 1 aliphatic heterocycles. The Bertz CT molecular complexity index is 1460. The first kappa shape index (κ1) is 23.5. The largest absolute Gasteiger partial charge is 0.379 e. The van der Waals surface area contributed by atoms with E-state index in [0.29, 0.717) is 5.56 Å². The molecule has 0 saturated carbocycles. The molecule has 3 aromatic rings. The van der Waals surface area contributed by atoms with Crippen LogP contribution in [0.2, 0.25) is 10.0 Å². The summed E-state index contributed by atoms with van der Waals surface area (Å²) >= 11 is 11.9. The lowest BCUT2D eigenvalue weighted by molar-refractivity contribution is -0.122. The summed E-state index contributed by atoms with van der Waals surface area (Å²) < 4.78 is 30.1. The van der Waals surface area contributed by atoms with Gasteiger partial charge in [0.25, 0.3) is 11.8 Å². The van der Waals surface area contributed by atoms with Gasteiger partial charge in [-0.1, -0.05) is 53.5 Å². The maximum atomic E-state index is 13.0. The van der Waals surface area contributed by atoms with Gasteiger partial charge in [0.05, 0.1) is 15.7 Å². The third-order valence-corrected chi connectivity index (χ3v) is 6.67. The van der Waals surface area contributed by atoms with Crippen LogP contribution in [0.15, 0.2) is 83.3 Å². The van der Waals surface area contributed by atoms with Crippen LogP contribution in [-0.2, 0) is 19.7 Å². The quantitative estimate of drug-likeness (QED) is 0.305. The van der Waals surface area contributed by atoms with Gasteiger partial charge in [0.1, 0.15) is 16.2 Å². The van der Waals surface area contributed by atoms with Crippen molar-refractivity contribution < 1.29 is 27.0 Å². The van der Waals surface area contributed by atoms with Crippen LogP contribution in [0.5, 0.6) is 5.75 Å². The Morgan fingerprint density at radius 3 is 2.29 bits per heavy atom. The highest BCUT2D eigenvalue weighted by atomic mass is 35.5. The van der Waals surface area contributed by atoms with Gasteiger partial charge >= 0.3 is 16.1 Å². The Morgan fingerprint density at radius 2 is 1.59 bits per heavy atom. The van der Waals surface area contributed by atoms with E-state index in [-0.39, 0.29) is 32.0 Å². The number of benzene rings is 3. The Hall–Kier alpha value is -3.66. The Balaban J connectivity index is 1.65. The first-order valence-electron chi connectivity index (χ1n) is 9.62. The summed E-state index contributed by atoms with van der Waals surface area (Å²) in [6.45, 7) is 0. The number of anilines is 1. The number of imide groups is 2. The van der Waals surface area contributed by atoms with E-state index in [2.05, 4.69) is 5.32 Å². The van der Waals surface area contributed by atoms with E-state index in [9.17, 15) is 22.8 Å². The smallest absolute Gasteiger partial charge is 0.339 e. The maximum Gasteiger partial charge on any atom is 0.339 e. The van der Waals surface area contributed by atoms with E-state index >= 15 is 0 Å². The highest BCUT2D eigenvalue weighted by Crippen LogP contribution is 2.30. The van der Waals surface area contributed by atoms with Crippen molar-refractivity contribution in [3.05, 3.63) is 94.0 Å². The fourth-order valence-corrected chi connectivity index (χ4v) is 4.34. The lowest BCUT2D eigenvalue weighted by Crippen LogP contribution is -2.54. The molecular weight excluding hydrogens is 503 g/mol. The molecule has 0 bridgehead atoms. The van der Waals surface area contributed by atoms with Crippen molar-refractivity contribution in [2.45, 2.75) is 4.90 Å². The number of carbonyl (C=O) groups excluding carboxylic acids is 3. The number of carbonyl (C=O) groups is 3. The fraction of sp³-hybridized carbons (Fsp3) is 0. The number of barbiturate groups is 1. The molecule has 0 aliphatic carbocycles. The van der Waals surface area contributed by atoms with Crippen LogP contribution in [0.3, 0.4) is 0 Å². The zero-order valence-corrected chi connectivity index (χ0v) is 19.4. The third kappa shape index (κ3) is 4.81. The van der Waals surface area contributed by atoms with Crippen molar-refractivity contribution in [1.82, 2.24) is 5.32 Å². The molecule has 0 radical (unpaired) electrons. The van der Waals surface area contributed by atoms with Gasteiger partial charge in [0.2, 0.25) is 0 Å². The summed E-state index contributed by atoms with van der Waals surface area (Å²) in [6, 6.07) is 16.5. The second-order valence-electron chi connectivity index (χ2n) is 6.98. The molecule has 1 saturated heterocycles. The zero-order chi connectivity index (χ0) is 24.5. The van der Waals surface area contributed by atoms with Crippen LogP contribution in [0, 0.1) is 0 Å². The Labute approximate surface area is 204 Å². The molecule has 0 atom stereocenters. The number of rotatable bonds is 5. The molecule has 172 valence electrons. The van der Waals surface area contributed by atoms with Crippen molar-refractivity contribution >= 4 is 62.9 Å². The minimum atomic E-state index is -4.09. The summed E-state index contributed by atoms with van der Waals surface area (Å²) in [5.74, 6) is -1.83. The van der Waals surface area contributed by atoms with Crippen molar-refractivity contribution in [3.63, 3.8) is 0 Å². The third-order valence-electron chi connectivity index (χ3n) is 4.67. The second-order valence-corrected chi connectivity index (χ2v) is 9.34. The minimum Gasteiger partial charge on any atom is -0.379 e. The van der Waals surface area contributed by atoms with E-state index in [1.54, 1.807) is 18.2 Å². The lowest BCUT2D eigenvalue weighted by atomic mass is 10.1. The molecule has 1 fully saturated rings. The van der Waals surface area contributed by atoms with E-state index in [1.165, 1.54) is 60.7 Å². The van der Waals surface area contributed by atoms with Crippen LogP contribution in [0.25, 0.3) is 6.08 Å². The highest BCUT2D eigenvalue weighted by molar-refractivity contribution is 7.87. The van der Waals surface area contributed by atoms with Gasteiger partial charge in [0.15, 0.2) is 0 Å². The van der Waals surface area contributed by atoms with E-state index in [0.717, 1.165) is 4.90 Å². The second kappa shape index (κ2) is 9.30. The highest BCUT2D eigenvalue weighted by Gasteiger charge is 2.37. The Kier molecular flexibility index (Phi) is 6.43. The molecule has 11 heteroatoms. The van der Waals surface area contributed by atoms with Gasteiger partial charge in [-0.05, 0) is 54.1 Å². The van der Waals surface area contributed by atoms with E-state index < -0.39 is 28.0 Å². The number of urea groups is 1. The average Bonchev–Trinajstić information content (AvgIpc) is 2.79. The van der Waals surface area contributed by atoms with Crippen molar-refractivity contribution in [2.24, 2.45) is 0 Å². The number of hydrogen-bond donors (Lipinski definition) is 1. The molecule has 34 heavy (non-hydrogen) atoms. The SMILES string of the molecule is O=C1NC(=O)N(c2ccc(Cl)c(Cl)c2)C(=O)/C1=C\c1cccc(OS(=O)(=O)c2ccccc2)c1. The first-order chi connectivity index (χ1) is 16.2. The first-order valence-corrected chi connectivity index (χ1v) is 11.8. The normalized spacial score (nSPS) is 15.4. The summed E-state index contributed by atoms with van der Waals surface area (Å²) in [5.41, 5.74) is 0.0535.